The molecule has 2 N–H and O–H groups in total. The highest BCUT2D eigenvalue weighted by Crippen LogP contribution is 2.35. The van der Waals surface area contributed by atoms with Gasteiger partial charge >= 0.3 is 7.82 Å². The second-order valence-corrected chi connectivity index (χ2v) is 4.85. The fourth-order valence-electron chi connectivity index (χ4n) is 1.17. The first-order valence-corrected chi connectivity index (χ1v) is 7.45. The fourth-order valence-corrected chi connectivity index (χ4v) is 1.48. The average molecular weight is 270 g/mol. The normalized spacial score (nSPS) is 11.9. The van der Waals surface area contributed by atoms with Crippen molar-refractivity contribution in [1.29, 1.82) is 0 Å². The first kappa shape index (κ1) is 17.0. The second kappa shape index (κ2) is 11.1. The third-order valence-electron chi connectivity index (χ3n) is 2.00. The van der Waals surface area contributed by atoms with Crippen molar-refractivity contribution in [3.8, 4) is 0 Å². The molecule has 0 atom stereocenters. The van der Waals surface area contributed by atoms with E-state index in [1.807, 2.05) is 0 Å². The summed E-state index contributed by atoms with van der Waals surface area (Å²) < 4.78 is 24.9. The molecule has 0 unspecified atom stereocenters. The maximum Gasteiger partial charge on any atom is 0.469 e. The molecule has 0 aliphatic carbocycles. The zero-order chi connectivity index (χ0) is 13.0. The molecule has 6 nitrogen and oxygen atoms in total. The maximum absolute atomic E-state index is 10.3. The number of unbranched alkanes of at least 4 members (excludes halogenated alkanes) is 3. The van der Waals surface area contributed by atoms with Gasteiger partial charge in [-0.3, -0.25) is 4.52 Å². The number of hydrogen-bond donors (Lipinski definition) is 2. The van der Waals surface area contributed by atoms with Crippen LogP contribution in [0.3, 0.4) is 0 Å². The van der Waals surface area contributed by atoms with Gasteiger partial charge in [0.2, 0.25) is 0 Å². The van der Waals surface area contributed by atoms with Gasteiger partial charge in [-0.1, -0.05) is 26.2 Å². The van der Waals surface area contributed by atoms with E-state index in [4.69, 9.17) is 19.3 Å². The molecular formula is C10H23O6P. The number of rotatable bonds is 12. The monoisotopic (exact) mass is 270 g/mol. The molecule has 0 aromatic carbocycles. The van der Waals surface area contributed by atoms with Crippen molar-refractivity contribution in [1.82, 2.24) is 0 Å². The van der Waals surface area contributed by atoms with Crippen LogP contribution in [0.2, 0.25) is 0 Å². The van der Waals surface area contributed by atoms with E-state index in [1.54, 1.807) is 0 Å². The summed E-state index contributed by atoms with van der Waals surface area (Å²) in [5.41, 5.74) is 0. The van der Waals surface area contributed by atoms with Gasteiger partial charge in [-0.2, -0.15) is 0 Å². The van der Waals surface area contributed by atoms with Crippen LogP contribution in [0, 0.1) is 0 Å². The van der Waals surface area contributed by atoms with E-state index < -0.39 is 7.82 Å². The number of phosphoric acid groups is 1. The maximum atomic E-state index is 10.3. The molecule has 0 aliphatic rings. The van der Waals surface area contributed by atoms with E-state index in [1.165, 1.54) is 19.3 Å². The molecule has 17 heavy (non-hydrogen) atoms. The van der Waals surface area contributed by atoms with Gasteiger partial charge in [0.05, 0.1) is 26.4 Å². The fraction of sp³-hybridized carbons (Fsp3) is 1.00. The van der Waals surface area contributed by atoms with Crippen LogP contribution >= 0.6 is 7.82 Å². The smallest absolute Gasteiger partial charge is 0.379 e. The Balaban J connectivity index is 3.01. The Hall–Kier alpha value is 0.0300. The quantitative estimate of drug-likeness (QED) is 0.415. The van der Waals surface area contributed by atoms with Crippen LogP contribution < -0.4 is 0 Å². The molecule has 104 valence electrons. The average Bonchev–Trinajstić information content (AvgIpc) is 2.24. The van der Waals surface area contributed by atoms with Crippen LogP contribution in [0.15, 0.2) is 0 Å². The summed E-state index contributed by atoms with van der Waals surface area (Å²) in [4.78, 5) is 16.7. The molecule has 7 heteroatoms. The largest absolute Gasteiger partial charge is 0.469 e. The van der Waals surface area contributed by atoms with E-state index in [0.29, 0.717) is 13.2 Å². The minimum absolute atomic E-state index is 0.110. The van der Waals surface area contributed by atoms with Gasteiger partial charge in [0.15, 0.2) is 0 Å². The SMILES string of the molecule is CCCCCCOCCOCCOP(=O)(O)O. The lowest BCUT2D eigenvalue weighted by Crippen LogP contribution is -2.09. The Morgan fingerprint density at radius 1 is 0.882 bits per heavy atom. The molecule has 0 aromatic heterocycles. The molecule has 0 amide bonds. The van der Waals surface area contributed by atoms with Crippen LogP contribution in [0.25, 0.3) is 0 Å². The van der Waals surface area contributed by atoms with Crippen LogP contribution in [0.5, 0.6) is 0 Å². The predicted octanol–water partition coefficient (Wildman–Crippen LogP) is 1.71. The molecular weight excluding hydrogens is 247 g/mol. The van der Waals surface area contributed by atoms with Crippen molar-refractivity contribution in [3.63, 3.8) is 0 Å². The zero-order valence-electron chi connectivity index (χ0n) is 10.3. The van der Waals surface area contributed by atoms with E-state index in [-0.39, 0.29) is 13.2 Å². The van der Waals surface area contributed by atoms with E-state index in [2.05, 4.69) is 11.4 Å². The van der Waals surface area contributed by atoms with Gasteiger partial charge in [-0.05, 0) is 6.42 Å². The Morgan fingerprint density at radius 2 is 1.47 bits per heavy atom. The lowest BCUT2D eigenvalue weighted by Gasteiger charge is -2.07. The summed E-state index contributed by atoms with van der Waals surface area (Å²) in [6.07, 6.45) is 4.70. The van der Waals surface area contributed by atoms with Gasteiger partial charge < -0.3 is 19.3 Å². The summed E-state index contributed by atoms with van der Waals surface area (Å²) in [5, 5.41) is 0. The Morgan fingerprint density at radius 3 is 2.06 bits per heavy atom. The highest BCUT2D eigenvalue weighted by Gasteiger charge is 2.12. The summed E-state index contributed by atoms with van der Waals surface area (Å²) in [6.45, 7) is 3.86. The van der Waals surface area contributed by atoms with Crippen LogP contribution in [0.1, 0.15) is 32.6 Å². The molecule has 0 saturated carbocycles. The first-order valence-electron chi connectivity index (χ1n) is 5.92. The second-order valence-electron chi connectivity index (χ2n) is 3.61. The number of hydrogen-bond acceptors (Lipinski definition) is 4. The summed E-state index contributed by atoms with van der Waals surface area (Å²) in [6, 6.07) is 0. The van der Waals surface area contributed by atoms with E-state index in [0.717, 1.165) is 13.0 Å². The number of ether oxygens (including phenoxy) is 2. The highest BCUT2D eigenvalue weighted by molar-refractivity contribution is 7.46. The minimum atomic E-state index is -4.35. The zero-order valence-corrected chi connectivity index (χ0v) is 11.2. The van der Waals surface area contributed by atoms with Crippen LogP contribution in [0.4, 0.5) is 0 Å². The van der Waals surface area contributed by atoms with Gasteiger partial charge in [0.1, 0.15) is 0 Å². The Bertz CT molecular complexity index is 205. The predicted molar refractivity (Wildman–Crippen MR) is 63.8 cm³/mol. The summed E-state index contributed by atoms with van der Waals surface area (Å²) >= 11 is 0. The lowest BCUT2D eigenvalue weighted by molar-refractivity contribution is 0.0312. The third-order valence-corrected chi connectivity index (χ3v) is 2.52. The van der Waals surface area contributed by atoms with Crippen LogP contribution in [-0.4, -0.2) is 42.8 Å². The van der Waals surface area contributed by atoms with Gasteiger partial charge in [-0.25, -0.2) is 4.57 Å². The summed E-state index contributed by atoms with van der Waals surface area (Å²) in [7, 11) is -4.35. The van der Waals surface area contributed by atoms with Gasteiger partial charge in [0.25, 0.3) is 0 Å². The standard InChI is InChI=1S/C10H23O6P/c1-2-3-4-5-6-14-7-8-15-9-10-16-17(11,12)13/h2-10H2,1H3,(H2,11,12,13). The van der Waals surface area contributed by atoms with Gasteiger partial charge in [0, 0.05) is 6.61 Å². The highest BCUT2D eigenvalue weighted by atomic mass is 31.2. The minimum Gasteiger partial charge on any atom is -0.379 e. The summed E-state index contributed by atoms with van der Waals surface area (Å²) in [5.74, 6) is 0. The molecule has 0 saturated heterocycles. The topological polar surface area (TPSA) is 85.2 Å². The molecule has 0 radical (unpaired) electrons. The van der Waals surface area contributed by atoms with Crippen molar-refractivity contribution < 1.29 is 28.3 Å². The molecule has 0 heterocycles. The Labute approximate surface area is 103 Å². The van der Waals surface area contributed by atoms with Crippen molar-refractivity contribution >= 4 is 7.82 Å². The molecule has 0 spiro atoms. The Kier molecular flexibility index (Phi) is 11.2. The van der Waals surface area contributed by atoms with Crippen molar-refractivity contribution in [2.24, 2.45) is 0 Å². The third kappa shape index (κ3) is 16.0. The number of phosphoric ester groups is 1. The molecule has 0 aromatic rings. The molecule has 0 bridgehead atoms. The van der Waals surface area contributed by atoms with E-state index >= 15 is 0 Å². The van der Waals surface area contributed by atoms with E-state index in [9.17, 15) is 4.57 Å². The lowest BCUT2D eigenvalue weighted by atomic mass is 10.2. The van der Waals surface area contributed by atoms with Crippen molar-refractivity contribution in [2.45, 2.75) is 32.6 Å². The van der Waals surface area contributed by atoms with Crippen LogP contribution in [-0.2, 0) is 18.6 Å². The van der Waals surface area contributed by atoms with Crippen molar-refractivity contribution in [2.75, 3.05) is 33.0 Å². The van der Waals surface area contributed by atoms with Gasteiger partial charge in [-0.15, -0.1) is 0 Å². The molecule has 0 fully saturated rings. The van der Waals surface area contributed by atoms with Crippen molar-refractivity contribution in [3.05, 3.63) is 0 Å². The molecule has 0 rings (SSSR count). The first-order chi connectivity index (χ1) is 8.06. The molecule has 0 aliphatic heterocycles.